The number of carbonyl (C=O) groups excluding carboxylic acids is 1. The molecule has 0 bridgehead atoms. The van der Waals surface area contributed by atoms with Gasteiger partial charge in [-0.05, 0) is 81.9 Å². The first-order valence-electron chi connectivity index (χ1n) is 10.7. The average molecular weight is 446 g/mol. The molecule has 2 heterocycles. The van der Waals surface area contributed by atoms with Crippen LogP contribution in [0.4, 0.5) is 5.69 Å². The summed E-state index contributed by atoms with van der Waals surface area (Å²) < 4.78 is 1.18. The van der Waals surface area contributed by atoms with E-state index in [2.05, 4.69) is 42.4 Å². The molecule has 0 unspecified atom stereocenters. The van der Waals surface area contributed by atoms with Crippen LogP contribution in [-0.2, 0) is 4.79 Å². The summed E-state index contributed by atoms with van der Waals surface area (Å²) in [6, 6.07) is 16.4. The third kappa shape index (κ3) is 4.82. The minimum absolute atomic E-state index is 0.108. The van der Waals surface area contributed by atoms with E-state index in [0.29, 0.717) is 0 Å². The number of aromatic nitrogens is 1. The molecule has 0 spiro atoms. The summed E-state index contributed by atoms with van der Waals surface area (Å²) in [7, 11) is 3.88. The van der Waals surface area contributed by atoms with Crippen LogP contribution in [0.1, 0.15) is 18.4 Å². The number of benzene rings is 2. The Kier molecular flexibility index (Phi) is 6.54. The molecule has 3 aromatic rings. The van der Waals surface area contributed by atoms with Crippen LogP contribution in [0.3, 0.4) is 0 Å². The van der Waals surface area contributed by atoms with Gasteiger partial charge in [-0.3, -0.25) is 4.79 Å². The number of hydrogen-bond donors (Lipinski definition) is 1. The van der Waals surface area contributed by atoms with E-state index in [9.17, 15) is 10.1 Å². The molecule has 1 aromatic heterocycles. The van der Waals surface area contributed by atoms with Gasteiger partial charge < -0.3 is 15.1 Å². The summed E-state index contributed by atoms with van der Waals surface area (Å²) >= 11 is 1.67. The molecule has 1 saturated heterocycles. The number of nitrogens with zero attached hydrogens (tertiary/aromatic N) is 4. The summed E-state index contributed by atoms with van der Waals surface area (Å²) in [5.41, 5.74) is 4.19. The van der Waals surface area contributed by atoms with E-state index in [1.165, 1.54) is 16.5 Å². The number of hydrogen-bond acceptors (Lipinski definition) is 6. The van der Waals surface area contributed by atoms with Crippen molar-refractivity contribution in [3.63, 3.8) is 0 Å². The Hall–Kier alpha value is -3.21. The molecule has 0 atom stereocenters. The van der Waals surface area contributed by atoms with Crippen LogP contribution in [-0.4, -0.2) is 53.9 Å². The highest BCUT2D eigenvalue weighted by atomic mass is 32.1. The van der Waals surface area contributed by atoms with E-state index >= 15 is 0 Å². The number of thiazole rings is 1. The highest BCUT2D eigenvalue weighted by molar-refractivity contribution is 7.21. The van der Waals surface area contributed by atoms with E-state index in [-0.39, 0.29) is 17.5 Å². The highest BCUT2D eigenvalue weighted by Gasteiger charge is 2.25. The monoisotopic (exact) mass is 445 g/mol. The van der Waals surface area contributed by atoms with E-state index in [0.717, 1.165) is 47.7 Å². The lowest BCUT2D eigenvalue weighted by molar-refractivity contribution is -0.128. The second-order valence-corrected chi connectivity index (χ2v) is 9.36. The number of likely N-dealkylation sites (N-methyl/N-ethyl adjacent to an activating group) is 1. The standard InChI is InChI=1S/C25H27N5OS/c1-17-4-9-22-23(14-17)32-24(28-22)18-5-7-20(8-6-18)27-16-19(15-26)25(31)30(3)21-10-12-29(2)13-11-21/h4-9,14,16,21,27H,10-13H2,1-3H3/b19-16-. The predicted octanol–water partition coefficient (Wildman–Crippen LogP) is 4.64. The fourth-order valence-electron chi connectivity index (χ4n) is 3.90. The summed E-state index contributed by atoms with van der Waals surface area (Å²) in [5.74, 6) is -0.240. The van der Waals surface area contributed by atoms with E-state index < -0.39 is 0 Å². The van der Waals surface area contributed by atoms with Gasteiger partial charge in [0.1, 0.15) is 16.6 Å². The first-order valence-corrected chi connectivity index (χ1v) is 11.6. The van der Waals surface area contributed by atoms with Crippen molar-refractivity contribution in [3.8, 4) is 16.6 Å². The second kappa shape index (κ2) is 9.51. The van der Waals surface area contributed by atoms with Gasteiger partial charge >= 0.3 is 0 Å². The Morgan fingerprint density at radius 3 is 2.66 bits per heavy atom. The molecule has 1 amide bonds. The molecule has 1 aliphatic heterocycles. The first-order chi connectivity index (χ1) is 15.4. The number of piperidine rings is 1. The van der Waals surface area contributed by atoms with Crippen LogP contribution in [0.25, 0.3) is 20.8 Å². The molecule has 2 aromatic carbocycles. The molecule has 1 fully saturated rings. The number of fused-ring (bicyclic) bond motifs is 1. The second-order valence-electron chi connectivity index (χ2n) is 8.33. The predicted molar refractivity (Wildman–Crippen MR) is 130 cm³/mol. The normalized spacial score (nSPS) is 15.5. The van der Waals surface area contributed by atoms with Gasteiger partial charge in [-0.2, -0.15) is 5.26 Å². The summed E-state index contributed by atoms with van der Waals surface area (Å²) in [6.45, 7) is 4.01. The van der Waals surface area contributed by atoms with Gasteiger partial charge in [0.25, 0.3) is 5.91 Å². The minimum Gasteiger partial charge on any atom is -0.360 e. The quantitative estimate of drug-likeness (QED) is 0.457. The number of rotatable bonds is 5. The van der Waals surface area contributed by atoms with E-state index in [4.69, 9.17) is 4.98 Å². The van der Waals surface area contributed by atoms with Gasteiger partial charge in [0, 0.05) is 30.5 Å². The van der Waals surface area contributed by atoms with Gasteiger partial charge in [-0.1, -0.05) is 6.07 Å². The first kappa shape index (κ1) is 22.0. The van der Waals surface area contributed by atoms with Gasteiger partial charge in [0.05, 0.1) is 10.2 Å². The zero-order valence-electron chi connectivity index (χ0n) is 18.6. The van der Waals surface area contributed by atoms with E-state index in [1.54, 1.807) is 23.3 Å². The topological polar surface area (TPSA) is 72.3 Å². The Labute approximate surface area is 192 Å². The number of amides is 1. The molecule has 164 valence electrons. The lowest BCUT2D eigenvalue weighted by atomic mass is 10.0. The third-order valence-electron chi connectivity index (χ3n) is 5.97. The molecule has 6 nitrogen and oxygen atoms in total. The maximum Gasteiger partial charge on any atom is 0.266 e. The number of anilines is 1. The van der Waals surface area contributed by atoms with Crippen molar-refractivity contribution in [1.29, 1.82) is 5.26 Å². The number of aryl methyl sites for hydroxylation is 1. The highest BCUT2D eigenvalue weighted by Crippen LogP contribution is 2.31. The number of carbonyl (C=O) groups is 1. The fraction of sp³-hybridized carbons (Fsp3) is 0.320. The van der Waals surface area contributed by atoms with Crippen molar-refractivity contribution >= 4 is 33.1 Å². The van der Waals surface area contributed by atoms with Crippen LogP contribution < -0.4 is 5.32 Å². The van der Waals surface area contributed by atoms with Crippen molar-refractivity contribution in [3.05, 3.63) is 59.8 Å². The fourth-order valence-corrected chi connectivity index (χ4v) is 4.97. The number of likely N-dealkylation sites (tertiary alicyclic amines) is 1. The number of nitrogens with one attached hydrogen (secondary N) is 1. The molecule has 0 radical (unpaired) electrons. The molecule has 1 N–H and O–H groups in total. The largest absolute Gasteiger partial charge is 0.360 e. The molecule has 1 aliphatic rings. The van der Waals surface area contributed by atoms with Crippen molar-refractivity contribution in [2.45, 2.75) is 25.8 Å². The zero-order chi connectivity index (χ0) is 22.7. The molecule has 0 saturated carbocycles. The molecule has 7 heteroatoms. The smallest absolute Gasteiger partial charge is 0.266 e. The molecular formula is C25H27N5OS. The van der Waals surface area contributed by atoms with Crippen molar-refractivity contribution in [2.24, 2.45) is 0 Å². The minimum atomic E-state index is -0.240. The molecule has 32 heavy (non-hydrogen) atoms. The summed E-state index contributed by atoms with van der Waals surface area (Å²) in [6.07, 6.45) is 3.36. The van der Waals surface area contributed by atoms with Crippen LogP contribution in [0, 0.1) is 18.3 Å². The van der Waals surface area contributed by atoms with Crippen molar-refractivity contribution in [2.75, 3.05) is 32.5 Å². The Balaban J connectivity index is 1.43. The van der Waals surface area contributed by atoms with Crippen molar-refractivity contribution in [1.82, 2.24) is 14.8 Å². The van der Waals surface area contributed by atoms with E-state index in [1.807, 2.05) is 30.3 Å². The number of nitriles is 1. The third-order valence-corrected chi connectivity index (χ3v) is 7.03. The summed E-state index contributed by atoms with van der Waals surface area (Å²) in [5, 5.41) is 13.6. The van der Waals surface area contributed by atoms with Crippen LogP contribution >= 0.6 is 11.3 Å². The van der Waals surface area contributed by atoms with Gasteiger partial charge in [0.15, 0.2) is 0 Å². The average Bonchev–Trinajstić information content (AvgIpc) is 3.23. The molecule has 0 aliphatic carbocycles. The van der Waals surface area contributed by atoms with Crippen LogP contribution in [0.5, 0.6) is 0 Å². The maximum atomic E-state index is 12.8. The van der Waals surface area contributed by atoms with Crippen LogP contribution in [0.15, 0.2) is 54.2 Å². The lowest BCUT2D eigenvalue weighted by Gasteiger charge is -2.34. The van der Waals surface area contributed by atoms with Crippen LogP contribution in [0.2, 0.25) is 0 Å². The summed E-state index contributed by atoms with van der Waals surface area (Å²) in [4.78, 5) is 21.5. The Morgan fingerprint density at radius 1 is 1.25 bits per heavy atom. The SMILES string of the molecule is Cc1ccc2nc(-c3ccc(N/C=C(/C#N)C(=O)N(C)C4CCN(C)CC4)cc3)sc2c1. The molecule has 4 rings (SSSR count). The molecular weight excluding hydrogens is 418 g/mol. The van der Waals surface area contributed by atoms with Crippen molar-refractivity contribution < 1.29 is 4.79 Å². The Morgan fingerprint density at radius 2 is 1.97 bits per heavy atom. The zero-order valence-corrected chi connectivity index (χ0v) is 19.4. The van der Waals surface area contributed by atoms with Gasteiger partial charge in [-0.25, -0.2) is 4.98 Å². The Bertz CT molecular complexity index is 1180. The lowest BCUT2D eigenvalue weighted by Crippen LogP contribution is -2.44. The van der Waals surface area contributed by atoms with Gasteiger partial charge in [-0.15, -0.1) is 11.3 Å². The maximum absolute atomic E-state index is 12.8. The van der Waals surface area contributed by atoms with Gasteiger partial charge in [0.2, 0.25) is 0 Å².